The minimum Gasteiger partial charge on any atom is -0.378 e. The van der Waals surface area contributed by atoms with Gasteiger partial charge in [-0.2, -0.15) is 0 Å². The highest BCUT2D eigenvalue weighted by Gasteiger charge is 2.58. The van der Waals surface area contributed by atoms with Crippen molar-refractivity contribution in [2.45, 2.75) is 77.0 Å². The number of nitrogens with two attached hydrogens (primary N) is 1. The summed E-state index contributed by atoms with van der Waals surface area (Å²) in [5.41, 5.74) is 6.69. The van der Waals surface area contributed by atoms with Gasteiger partial charge in [-0.15, -0.1) is 0 Å². The lowest BCUT2D eigenvalue weighted by atomic mass is 9.54. The molecule has 2 N–H and O–H groups in total. The van der Waals surface area contributed by atoms with Gasteiger partial charge in [0.15, 0.2) is 0 Å². The zero-order valence-electron chi connectivity index (χ0n) is 13.2. The van der Waals surface area contributed by atoms with Crippen LogP contribution in [0.15, 0.2) is 0 Å². The Morgan fingerprint density at radius 1 is 1.21 bits per heavy atom. The molecule has 2 rings (SSSR count). The summed E-state index contributed by atoms with van der Waals surface area (Å²) in [6.45, 7) is 8.41. The molecule has 0 aliphatic heterocycles. The molecule has 3 heteroatoms. The summed E-state index contributed by atoms with van der Waals surface area (Å²) in [5.74, 6) is 0. The Morgan fingerprint density at radius 2 is 1.84 bits per heavy atom. The van der Waals surface area contributed by atoms with Crippen molar-refractivity contribution in [3.05, 3.63) is 0 Å². The molecule has 0 saturated heterocycles. The van der Waals surface area contributed by atoms with Gasteiger partial charge in [-0.25, -0.2) is 0 Å². The first-order chi connectivity index (χ1) is 8.90. The van der Waals surface area contributed by atoms with E-state index in [0.717, 1.165) is 25.6 Å². The maximum Gasteiger partial charge on any atom is 0.0662 e. The van der Waals surface area contributed by atoms with Crippen molar-refractivity contribution in [2.75, 3.05) is 20.2 Å². The Labute approximate surface area is 118 Å². The molecule has 2 atom stereocenters. The Bertz CT molecular complexity index is 299. The molecule has 2 fully saturated rings. The van der Waals surface area contributed by atoms with Crippen molar-refractivity contribution in [3.8, 4) is 0 Å². The molecule has 0 spiro atoms. The van der Waals surface area contributed by atoms with Gasteiger partial charge in [-0.1, -0.05) is 33.1 Å². The molecule has 19 heavy (non-hydrogen) atoms. The van der Waals surface area contributed by atoms with Crippen LogP contribution in [0.5, 0.6) is 0 Å². The molecule has 2 saturated carbocycles. The van der Waals surface area contributed by atoms with E-state index in [1.54, 1.807) is 0 Å². The summed E-state index contributed by atoms with van der Waals surface area (Å²) in [6, 6.07) is 0.746. The fourth-order valence-corrected chi connectivity index (χ4v) is 3.87. The fourth-order valence-electron chi connectivity index (χ4n) is 3.87. The summed E-state index contributed by atoms with van der Waals surface area (Å²) < 4.78 is 5.82. The second-order valence-electron chi connectivity index (χ2n) is 7.23. The smallest absolute Gasteiger partial charge is 0.0662 e. The van der Waals surface area contributed by atoms with Gasteiger partial charge in [-0.3, -0.25) is 0 Å². The highest BCUT2D eigenvalue weighted by Crippen LogP contribution is 2.50. The molecule has 2 aliphatic rings. The standard InChI is InChI=1S/C16H32N2O/c1-5-19-14-11-16(17,15(14,2)3)12-18(4)13-9-7-6-8-10-13/h13-14H,5-12,17H2,1-4H3. The van der Waals surface area contributed by atoms with Crippen LogP contribution < -0.4 is 5.73 Å². The molecule has 0 bridgehead atoms. The lowest BCUT2D eigenvalue weighted by Crippen LogP contribution is -2.73. The summed E-state index contributed by atoms with van der Waals surface area (Å²) in [6.07, 6.45) is 8.22. The minimum absolute atomic E-state index is 0.0843. The summed E-state index contributed by atoms with van der Waals surface area (Å²) in [5, 5.41) is 0. The lowest BCUT2D eigenvalue weighted by Gasteiger charge is -2.60. The van der Waals surface area contributed by atoms with Crippen LogP contribution in [0.3, 0.4) is 0 Å². The fraction of sp³-hybridized carbons (Fsp3) is 1.00. The van der Waals surface area contributed by atoms with Gasteiger partial charge >= 0.3 is 0 Å². The Balaban J connectivity index is 1.91. The number of ether oxygens (including phenoxy) is 1. The maximum atomic E-state index is 6.69. The number of nitrogens with zero attached hydrogens (tertiary/aromatic N) is 1. The first kappa shape index (κ1) is 15.3. The van der Waals surface area contributed by atoms with Crippen LogP contribution in [-0.2, 0) is 4.74 Å². The van der Waals surface area contributed by atoms with Crippen LogP contribution in [0.4, 0.5) is 0 Å². The van der Waals surface area contributed by atoms with Crippen molar-refractivity contribution in [3.63, 3.8) is 0 Å². The molecular weight excluding hydrogens is 236 g/mol. The predicted octanol–water partition coefficient (Wildman–Crippen LogP) is 2.78. The molecule has 0 aromatic heterocycles. The van der Waals surface area contributed by atoms with Gasteiger partial charge in [-0.05, 0) is 33.2 Å². The first-order valence-corrected chi connectivity index (χ1v) is 8.01. The highest BCUT2D eigenvalue weighted by atomic mass is 16.5. The molecule has 0 heterocycles. The lowest BCUT2D eigenvalue weighted by molar-refractivity contribution is -0.157. The molecule has 3 nitrogen and oxygen atoms in total. The van der Waals surface area contributed by atoms with Gasteiger partial charge < -0.3 is 15.4 Å². The number of hydrogen-bond donors (Lipinski definition) is 1. The van der Waals surface area contributed by atoms with E-state index in [0.29, 0.717) is 6.10 Å². The van der Waals surface area contributed by atoms with Crippen LogP contribution in [-0.4, -0.2) is 42.8 Å². The highest BCUT2D eigenvalue weighted by molar-refractivity contribution is 5.14. The van der Waals surface area contributed by atoms with Gasteiger partial charge in [0.25, 0.3) is 0 Å². The van der Waals surface area contributed by atoms with Gasteiger partial charge in [0, 0.05) is 30.1 Å². The number of hydrogen-bond acceptors (Lipinski definition) is 3. The molecule has 112 valence electrons. The van der Waals surface area contributed by atoms with Crippen LogP contribution in [0.25, 0.3) is 0 Å². The Kier molecular flexibility index (Phi) is 4.59. The van der Waals surface area contributed by atoms with E-state index in [2.05, 4.69) is 32.7 Å². The average Bonchev–Trinajstić information content (AvgIpc) is 2.39. The Morgan fingerprint density at radius 3 is 2.37 bits per heavy atom. The quantitative estimate of drug-likeness (QED) is 0.833. The number of rotatable bonds is 5. The van der Waals surface area contributed by atoms with Crippen molar-refractivity contribution in [1.29, 1.82) is 0 Å². The van der Waals surface area contributed by atoms with Crippen LogP contribution >= 0.6 is 0 Å². The molecule has 0 radical (unpaired) electrons. The van der Waals surface area contributed by atoms with E-state index in [1.807, 2.05) is 0 Å². The van der Waals surface area contributed by atoms with Crippen molar-refractivity contribution in [1.82, 2.24) is 4.90 Å². The normalized spacial score (nSPS) is 35.4. The monoisotopic (exact) mass is 268 g/mol. The first-order valence-electron chi connectivity index (χ1n) is 8.01. The largest absolute Gasteiger partial charge is 0.378 e. The number of likely N-dealkylation sites (N-methyl/N-ethyl adjacent to an activating group) is 1. The summed E-state index contributed by atoms with van der Waals surface area (Å²) in [4.78, 5) is 2.52. The van der Waals surface area contributed by atoms with Crippen molar-refractivity contribution >= 4 is 0 Å². The topological polar surface area (TPSA) is 38.5 Å². The summed E-state index contributed by atoms with van der Waals surface area (Å²) >= 11 is 0. The van der Waals surface area contributed by atoms with Gasteiger partial charge in [0.05, 0.1) is 6.10 Å². The third kappa shape index (κ3) is 2.84. The average molecular weight is 268 g/mol. The van der Waals surface area contributed by atoms with E-state index in [1.165, 1.54) is 32.1 Å². The summed E-state index contributed by atoms with van der Waals surface area (Å²) in [7, 11) is 2.26. The second kappa shape index (κ2) is 5.71. The zero-order valence-corrected chi connectivity index (χ0v) is 13.2. The predicted molar refractivity (Wildman–Crippen MR) is 80.2 cm³/mol. The molecule has 0 aromatic carbocycles. The van der Waals surface area contributed by atoms with Crippen LogP contribution in [0, 0.1) is 5.41 Å². The minimum atomic E-state index is -0.0843. The molecule has 2 aliphatic carbocycles. The van der Waals surface area contributed by atoms with Gasteiger partial charge in [0.1, 0.15) is 0 Å². The van der Waals surface area contributed by atoms with Gasteiger partial charge in [0.2, 0.25) is 0 Å². The van der Waals surface area contributed by atoms with Crippen LogP contribution in [0.2, 0.25) is 0 Å². The van der Waals surface area contributed by atoms with Crippen molar-refractivity contribution < 1.29 is 4.74 Å². The molecule has 0 amide bonds. The SMILES string of the molecule is CCOC1CC(N)(CN(C)C2CCCCC2)C1(C)C. The molecule has 2 unspecified atom stereocenters. The Hall–Kier alpha value is -0.120. The second-order valence-corrected chi connectivity index (χ2v) is 7.23. The molecule has 0 aromatic rings. The van der Waals surface area contributed by atoms with Crippen molar-refractivity contribution in [2.24, 2.45) is 11.1 Å². The van der Waals surface area contributed by atoms with E-state index >= 15 is 0 Å². The van der Waals surface area contributed by atoms with E-state index in [9.17, 15) is 0 Å². The van der Waals surface area contributed by atoms with Crippen LogP contribution in [0.1, 0.15) is 59.3 Å². The van der Waals surface area contributed by atoms with E-state index in [-0.39, 0.29) is 11.0 Å². The maximum absolute atomic E-state index is 6.69. The van der Waals surface area contributed by atoms with E-state index in [4.69, 9.17) is 10.5 Å². The third-order valence-corrected chi connectivity index (χ3v) is 5.74. The third-order valence-electron chi connectivity index (χ3n) is 5.74. The zero-order chi connectivity index (χ0) is 14.1. The molecular formula is C16H32N2O. The van der Waals surface area contributed by atoms with E-state index < -0.39 is 0 Å².